The molecule has 1 atom stereocenters. The molecule has 1 fully saturated rings. The van der Waals surface area contributed by atoms with Gasteiger partial charge < -0.3 is 5.11 Å². The van der Waals surface area contributed by atoms with Crippen molar-refractivity contribution in [2.75, 3.05) is 13.2 Å². The third-order valence-corrected chi connectivity index (χ3v) is 6.42. The molecule has 1 aromatic rings. The monoisotopic (exact) mass is 275 g/mol. The van der Waals surface area contributed by atoms with E-state index in [0.717, 1.165) is 25.7 Å². The van der Waals surface area contributed by atoms with Crippen LogP contribution in [0.3, 0.4) is 0 Å². The number of thiophene rings is 1. The number of aliphatic hydroxyl groups is 1. The lowest BCUT2D eigenvalue weighted by molar-refractivity contribution is 0.186. The van der Waals surface area contributed by atoms with Crippen molar-refractivity contribution in [3.05, 3.63) is 17.5 Å². The molecule has 96 valence electrons. The minimum absolute atomic E-state index is 0.0927. The Morgan fingerprint density at radius 3 is 2.88 bits per heavy atom. The predicted molar refractivity (Wildman–Crippen MR) is 67.6 cm³/mol. The fourth-order valence-electron chi connectivity index (χ4n) is 2.18. The summed E-state index contributed by atoms with van der Waals surface area (Å²) in [7, 11) is -3.41. The fourth-order valence-corrected chi connectivity index (χ4v) is 4.98. The summed E-state index contributed by atoms with van der Waals surface area (Å²) in [6.07, 6.45) is 3.65. The zero-order chi connectivity index (χ0) is 12.3. The van der Waals surface area contributed by atoms with Gasteiger partial charge in [0.1, 0.15) is 4.21 Å². The van der Waals surface area contributed by atoms with Crippen molar-refractivity contribution in [1.29, 1.82) is 0 Å². The number of aliphatic hydroxyl groups excluding tert-OH is 1. The van der Waals surface area contributed by atoms with E-state index in [0.29, 0.717) is 10.8 Å². The van der Waals surface area contributed by atoms with Crippen molar-refractivity contribution in [2.24, 2.45) is 0 Å². The van der Waals surface area contributed by atoms with Crippen LogP contribution in [0.15, 0.2) is 21.7 Å². The lowest BCUT2D eigenvalue weighted by Gasteiger charge is -2.26. The second kappa shape index (κ2) is 5.48. The molecule has 4 nitrogen and oxygen atoms in total. The SMILES string of the molecule is O=S(=O)(c1cccs1)N1CCCCCC1CO. The number of hydrogen-bond acceptors (Lipinski definition) is 4. The number of rotatable bonds is 3. The Kier molecular flexibility index (Phi) is 4.19. The highest BCUT2D eigenvalue weighted by Crippen LogP contribution is 2.26. The van der Waals surface area contributed by atoms with Gasteiger partial charge in [-0.3, -0.25) is 0 Å². The average molecular weight is 275 g/mol. The van der Waals surface area contributed by atoms with Crippen molar-refractivity contribution in [3.63, 3.8) is 0 Å². The van der Waals surface area contributed by atoms with Crippen LogP contribution in [0.1, 0.15) is 25.7 Å². The molecular formula is C11H17NO3S2. The summed E-state index contributed by atoms with van der Waals surface area (Å²) in [5.74, 6) is 0. The Bertz CT molecular complexity index is 441. The minimum Gasteiger partial charge on any atom is -0.395 e. The third-order valence-electron chi connectivity index (χ3n) is 3.09. The lowest BCUT2D eigenvalue weighted by Crippen LogP contribution is -2.41. The van der Waals surface area contributed by atoms with Crippen molar-refractivity contribution >= 4 is 21.4 Å². The molecular weight excluding hydrogens is 258 g/mol. The average Bonchev–Trinajstić information content (AvgIpc) is 2.74. The van der Waals surface area contributed by atoms with Crippen LogP contribution < -0.4 is 0 Å². The third kappa shape index (κ3) is 2.70. The van der Waals surface area contributed by atoms with E-state index in [4.69, 9.17) is 0 Å². The lowest BCUT2D eigenvalue weighted by atomic mass is 10.1. The Labute approximate surface area is 106 Å². The van der Waals surface area contributed by atoms with Gasteiger partial charge in [-0.2, -0.15) is 4.31 Å². The largest absolute Gasteiger partial charge is 0.395 e. The molecule has 0 radical (unpaired) electrons. The van der Waals surface area contributed by atoms with Crippen LogP contribution in [0.25, 0.3) is 0 Å². The van der Waals surface area contributed by atoms with Crippen LogP contribution in [-0.4, -0.2) is 37.0 Å². The smallest absolute Gasteiger partial charge is 0.252 e. The zero-order valence-electron chi connectivity index (χ0n) is 9.58. The van der Waals surface area contributed by atoms with E-state index in [1.54, 1.807) is 17.5 Å². The second-order valence-electron chi connectivity index (χ2n) is 4.23. The summed E-state index contributed by atoms with van der Waals surface area (Å²) >= 11 is 1.23. The van der Waals surface area contributed by atoms with Gasteiger partial charge >= 0.3 is 0 Å². The molecule has 1 aliphatic rings. The first-order chi connectivity index (χ1) is 8.16. The summed E-state index contributed by atoms with van der Waals surface area (Å²) in [5.41, 5.74) is 0. The number of nitrogens with zero attached hydrogens (tertiary/aromatic N) is 1. The maximum atomic E-state index is 12.4. The molecule has 6 heteroatoms. The maximum Gasteiger partial charge on any atom is 0.252 e. The summed E-state index contributed by atoms with van der Waals surface area (Å²) in [6.45, 7) is 0.427. The van der Waals surface area contributed by atoms with Crippen molar-refractivity contribution in [2.45, 2.75) is 35.9 Å². The maximum absolute atomic E-state index is 12.4. The molecule has 1 N–H and O–H groups in total. The standard InChI is InChI=1S/C11H17NO3S2/c13-9-10-5-2-1-3-7-12(10)17(14,15)11-6-4-8-16-11/h4,6,8,10,13H,1-3,5,7,9H2. The van der Waals surface area contributed by atoms with Crippen molar-refractivity contribution in [1.82, 2.24) is 4.31 Å². The van der Waals surface area contributed by atoms with Gasteiger partial charge in [-0.1, -0.05) is 18.9 Å². The quantitative estimate of drug-likeness (QED) is 0.913. The van der Waals surface area contributed by atoms with E-state index in [2.05, 4.69) is 0 Å². The predicted octanol–water partition coefficient (Wildman–Crippen LogP) is 1.67. The highest BCUT2D eigenvalue weighted by molar-refractivity contribution is 7.91. The van der Waals surface area contributed by atoms with E-state index in [1.807, 2.05) is 0 Å². The summed E-state index contributed by atoms with van der Waals surface area (Å²) in [4.78, 5) is 0. The Morgan fingerprint density at radius 2 is 2.24 bits per heavy atom. The molecule has 0 aromatic carbocycles. The van der Waals surface area contributed by atoms with Gasteiger partial charge in [-0.15, -0.1) is 11.3 Å². The van der Waals surface area contributed by atoms with Gasteiger partial charge in [0.15, 0.2) is 0 Å². The highest BCUT2D eigenvalue weighted by Gasteiger charge is 2.32. The molecule has 1 saturated heterocycles. The summed E-state index contributed by atoms with van der Waals surface area (Å²) in [5, 5.41) is 11.1. The van der Waals surface area contributed by atoms with E-state index in [1.165, 1.54) is 15.6 Å². The van der Waals surface area contributed by atoms with Gasteiger partial charge in [-0.25, -0.2) is 8.42 Å². The van der Waals surface area contributed by atoms with Crippen LogP contribution in [0.5, 0.6) is 0 Å². The molecule has 2 heterocycles. The van der Waals surface area contributed by atoms with Crippen LogP contribution in [0, 0.1) is 0 Å². The molecule has 0 bridgehead atoms. The van der Waals surface area contributed by atoms with Crippen molar-refractivity contribution < 1.29 is 13.5 Å². The number of sulfonamides is 1. The Hall–Kier alpha value is -0.430. The molecule has 17 heavy (non-hydrogen) atoms. The normalized spacial score (nSPS) is 23.5. The topological polar surface area (TPSA) is 57.6 Å². The van der Waals surface area contributed by atoms with Gasteiger partial charge in [0, 0.05) is 12.6 Å². The summed E-state index contributed by atoms with van der Waals surface area (Å²) < 4.78 is 26.6. The molecule has 2 rings (SSSR count). The van der Waals surface area contributed by atoms with Crippen LogP contribution in [0.2, 0.25) is 0 Å². The zero-order valence-corrected chi connectivity index (χ0v) is 11.2. The highest BCUT2D eigenvalue weighted by atomic mass is 32.2. The van der Waals surface area contributed by atoms with Gasteiger partial charge in [0.05, 0.1) is 6.61 Å². The van der Waals surface area contributed by atoms with Crippen LogP contribution in [-0.2, 0) is 10.0 Å². The first-order valence-corrected chi connectivity index (χ1v) is 8.14. The molecule has 0 aliphatic carbocycles. The van der Waals surface area contributed by atoms with Crippen LogP contribution >= 0.6 is 11.3 Å². The molecule has 1 unspecified atom stereocenters. The van der Waals surface area contributed by atoms with Crippen molar-refractivity contribution in [3.8, 4) is 0 Å². The van der Waals surface area contributed by atoms with Gasteiger partial charge in [-0.05, 0) is 24.3 Å². The van der Waals surface area contributed by atoms with E-state index >= 15 is 0 Å². The van der Waals surface area contributed by atoms with E-state index in [-0.39, 0.29) is 12.6 Å². The molecule has 0 saturated carbocycles. The van der Waals surface area contributed by atoms with E-state index in [9.17, 15) is 13.5 Å². The first kappa shape index (κ1) is 13.0. The van der Waals surface area contributed by atoms with Crippen LogP contribution in [0.4, 0.5) is 0 Å². The Morgan fingerprint density at radius 1 is 1.41 bits per heavy atom. The molecule has 0 amide bonds. The number of hydrogen-bond donors (Lipinski definition) is 1. The van der Waals surface area contributed by atoms with E-state index < -0.39 is 10.0 Å². The second-order valence-corrected chi connectivity index (χ2v) is 7.30. The molecule has 1 aliphatic heterocycles. The fraction of sp³-hybridized carbons (Fsp3) is 0.636. The summed E-state index contributed by atoms with van der Waals surface area (Å²) in [6, 6.07) is 3.10. The van der Waals surface area contributed by atoms with Gasteiger partial charge in [0.25, 0.3) is 10.0 Å². The first-order valence-electron chi connectivity index (χ1n) is 5.82. The molecule has 0 spiro atoms. The molecule has 1 aromatic heterocycles. The Balaban J connectivity index is 2.29. The minimum atomic E-state index is -3.41. The van der Waals surface area contributed by atoms with Gasteiger partial charge in [0.2, 0.25) is 0 Å².